The van der Waals surface area contributed by atoms with Crippen molar-refractivity contribution in [3.05, 3.63) is 47.5 Å². The molecule has 0 spiro atoms. The lowest BCUT2D eigenvalue weighted by Gasteiger charge is -2.12. The number of hydrogen-bond donors (Lipinski definition) is 1. The van der Waals surface area contributed by atoms with Gasteiger partial charge in [-0.05, 0) is 30.7 Å². The molecule has 7 heteroatoms. The zero-order chi connectivity index (χ0) is 19.8. The summed E-state index contributed by atoms with van der Waals surface area (Å²) in [6.45, 7) is 1.95. The molecule has 0 radical (unpaired) electrons. The third-order valence-electron chi connectivity index (χ3n) is 3.96. The first-order chi connectivity index (χ1) is 13.1. The van der Waals surface area contributed by atoms with Crippen LogP contribution in [0.2, 0.25) is 0 Å². The Morgan fingerprint density at radius 2 is 1.52 bits per heavy atom. The average Bonchev–Trinajstić information content (AvgIpc) is 2.73. The Morgan fingerprint density at radius 3 is 2.04 bits per heavy atom. The summed E-state index contributed by atoms with van der Waals surface area (Å²) >= 11 is 0. The molecule has 0 saturated carbocycles. The van der Waals surface area contributed by atoms with Crippen LogP contribution in [0.4, 0.5) is 0 Å². The zero-order valence-electron chi connectivity index (χ0n) is 16.2. The van der Waals surface area contributed by atoms with Crippen LogP contribution in [-0.4, -0.2) is 40.1 Å². The van der Waals surface area contributed by atoms with Crippen molar-refractivity contribution in [3.63, 3.8) is 0 Å². The Kier molecular flexibility index (Phi) is 7.05. The lowest BCUT2D eigenvalue weighted by atomic mass is 10.1. The van der Waals surface area contributed by atoms with E-state index >= 15 is 0 Å². The molecule has 0 atom stereocenters. The number of methoxy groups -OCH3 is 4. The molecule has 1 N–H and O–H groups in total. The van der Waals surface area contributed by atoms with Gasteiger partial charge in [0.1, 0.15) is 23.0 Å². The first-order valence-corrected chi connectivity index (χ1v) is 8.38. The minimum Gasteiger partial charge on any atom is -0.497 e. The van der Waals surface area contributed by atoms with Gasteiger partial charge in [-0.1, -0.05) is 6.92 Å². The number of nitrogens with one attached hydrogen (secondary N) is 1. The lowest BCUT2D eigenvalue weighted by molar-refractivity contribution is 0.0954. The molecule has 27 heavy (non-hydrogen) atoms. The minimum atomic E-state index is -0.370. The number of hydrogen-bond acceptors (Lipinski definition) is 6. The van der Waals surface area contributed by atoms with Gasteiger partial charge in [0.05, 0.1) is 34.2 Å². The molecule has 2 rings (SSSR count). The number of carbonyl (C=O) groups excluding carboxylic acids is 1. The summed E-state index contributed by atoms with van der Waals surface area (Å²) < 4.78 is 21.0. The van der Waals surface area contributed by atoms with E-state index in [2.05, 4.69) is 10.5 Å². The van der Waals surface area contributed by atoms with Crippen molar-refractivity contribution in [1.29, 1.82) is 0 Å². The van der Waals surface area contributed by atoms with Gasteiger partial charge < -0.3 is 18.9 Å². The number of rotatable bonds is 8. The van der Waals surface area contributed by atoms with E-state index in [9.17, 15) is 4.79 Å². The summed E-state index contributed by atoms with van der Waals surface area (Å²) in [5.41, 5.74) is 4.42. The van der Waals surface area contributed by atoms with Crippen molar-refractivity contribution in [3.8, 4) is 23.0 Å². The van der Waals surface area contributed by atoms with Gasteiger partial charge in [0, 0.05) is 23.3 Å². The highest BCUT2D eigenvalue weighted by Gasteiger charge is 2.13. The predicted octanol–water partition coefficient (Wildman–Crippen LogP) is 3.27. The summed E-state index contributed by atoms with van der Waals surface area (Å²) in [6, 6.07) is 10.4. The summed E-state index contributed by atoms with van der Waals surface area (Å²) in [7, 11) is 6.22. The molecule has 0 bridgehead atoms. The number of benzene rings is 2. The van der Waals surface area contributed by atoms with Crippen molar-refractivity contribution >= 4 is 11.6 Å². The van der Waals surface area contributed by atoms with Gasteiger partial charge in [-0.3, -0.25) is 4.79 Å². The van der Waals surface area contributed by atoms with E-state index in [4.69, 9.17) is 18.9 Å². The second-order valence-electron chi connectivity index (χ2n) is 5.52. The molecule has 7 nitrogen and oxygen atoms in total. The van der Waals surface area contributed by atoms with Crippen LogP contribution in [0.15, 0.2) is 41.5 Å². The number of hydrazone groups is 1. The summed E-state index contributed by atoms with van der Waals surface area (Å²) in [5.74, 6) is 1.98. The monoisotopic (exact) mass is 372 g/mol. The standard InChI is InChI=1S/C20H24N2O5/c1-6-18(17-8-7-14(24-2)12-19(17)27-5)21-22-20(23)13-9-15(25-3)11-16(10-13)26-4/h7-12H,6H2,1-5H3,(H,22,23)/b21-18-. The van der Waals surface area contributed by atoms with Gasteiger partial charge >= 0.3 is 0 Å². The molecule has 2 aromatic carbocycles. The van der Waals surface area contributed by atoms with Gasteiger partial charge in [-0.15, -0.1) is 0 Å². The quantitative estimate of drug-likeness (QED) is 0.568. The van der Waals surface area contributed by atoms with Gasteiger partial charge in [-0.25, -0.2) is 5.43 Å². The van der Waals surface area contributed by atoms with Crippen LogP contribution in [0.1, 0.15) is 29.3 Å². The number of nitrogens with zero attached hydrogens (tertiary/aromatic N) is 1. The Labute approximate surface area is 158 Å². The fourth-order valence-corrected chi connectivity index (χ4v) is 2.49. The van der Waals surface area contributed by atoms with Crippen LogP contribution in [0.3, 0.4) is 0 Å². The molecule has 0 aliphatic heterocycles. The molecule has 0 saturated heterocycles. The maximum absolute atomic E-state index is 12.5. The normalized spacial score (nSPS) is 10.9. The SMILES string of the molecule is CC/C(=N/NC(=O)c1cc(OC)cc(OC)c1)c1ccc(OC)cc1OC. The van der Waals surface area contributed by atoms with Gasteiger partial charge in [0.25, 0.3) is 5.91 Å². The molecule has 0 aliphatic rings. The third-order valence-corrected chi connectivity index (χ3v) is 3.96. The van der Waals surface area contributed by atoms with Crippen molar-refractivity contribution in [2.75, 3.05) is 28.4 Å². The minimum absolute atomic E-state index is 0.370. The maximum Gasteiger partial charge on any atom is 0.271 e. The van der Waals surface area contributed by atoms with E-state index in [0.717, 1.165) is 5.56 Å². The van der Waals surface area contributed by atoms with Gasteiger partial charge in [0.15, 0.2) is 0 Å². The molecule has 0 unspecified atom stereocenters. The van der Waals surface area contributed by atoms with Crippen LogP contribution < -0.4 is 24.4 Å². The van der Waals surface area contributed by atoms with Crippen LogP contribution in [0, 0.1) is 0 Å². The van der Waals surface area contributed by atoms with E-state index in [1.165, 1.54) is 14.2 Å². The highest BCUT2D eigenvalue weighted by atomic mass is 16.5. The zero-order valence-corrected chi connectivity index (χ0v) is 16.2. The smallest absolute Gasteiger partial charge is 0.271 e. The second kappa shape index (κ2) is 9.47. The first-order valence-electron chi connectivity index (χ1n) is 8.38. The van der Waals surface area contributed by atoms with Crippen molar-refractivity contribution < 1.29 is 23.7 Å². The van der Waals surface area contributed by atoms with E-state index < -0.39 is 0 Å². The average molecular weight is 372 g/mol. The fourth-order valence-electron chi connectivity index (χ4n) is 2.49. The summed E-state index contributed by atoms with van der Waals surface area (Å²) in [4.78, 5) is 12.5. The second-order valence-corrected chi connectivity index (χ2v) is 5.52. The van der Waals surface area contributed by atoms with E-state index in [1.54, 1.807) is 38.5 Å². The maximum atomic E-state index is 12.5. The Morgan fingerprint density at radius 1 is 0.889 bits per heavy atom. The summed E-state index contributed by atoms with van der Waals surface area (Å²) in [5, 5.41) is 4.28. The van der Waals surface area contributed by atoms with Crippen LogP contribution in [0.25, 0.3) is 0 Å². The molecule has 0 aliphatic carbocycles. The number of carbonyl (C=O) groups is 1. The molecule has 144 valence electrons. The lowest BCUT2D eigenvalue weighted by Crippen LogP contribution is -2.20. The topological polar surface area (TPSA) is 78.4 Å². The predicted molar refractivity (Wildman–Crippen MR) is 103 cm³/mol. The number of amides is 1. The van der Waals surface area contributed by atoms with Gasteiger partial charge in [-0.2, -0.15) is 5.10 Å². The van der Waals surface area contributed by atoms with Crippen molar-refractivity contribution in [1.82, 2.24) is 5.43 Å². The van der Waals surface area contributed by atoms with Crippen molar-refractivity contribution in [2.24, 2.45) is 5.10 Å². The Bertz CT molecular complexity index is 811. The molecule has 2 aromatic rings. The number of ether oxygens (including phenoxy) is 4. The Balaban J connectivity index is 2.28. The van der Waals surface area contributed by atoms with Crippen LogP contribution in [0.5, 0.6) is 23.0 Å². The van der Waals surface area contributed by atoms with E-state index in [-0.39, 0.29) is 5.91 Å². The third kappa shape index (κ3) is 4.91. The molecule has 0 aromatic heterocycles. The molecule has 0 heterocycles. The first kappa shape index (κ1) is 20.1. The molecular formula is C20H24N2O5. The molecule has 1 amide bonds. The van der Waals surface area contributed by atoms with Crippen molar-refractivity contribution in [2.45, 2.75) is 13.3 Å². The van der Waals surface area contributed by atoms with E-state index in [1.807, 2.05) is 19.1 Å². The summed E-state index contributed by atoms with van der Waals surface area (Å²) in [6.07, 6.45) is 0.602. The van der Waals surface area contributed by atoms with E-state index in [0.29, 0.717) is 40.7 Å². The molecular weight excluding hydrogens is 348 g/mol. The molecule has 0 fully saturated rings. The van der Waals surface area contributed by atoms with Gasteiger partial charge in [0.2, 0.25) is 0 Å². The fraction of sp³-hybridized carbons (Fsp3) is 0.300. The highest BCUT2D eigenvalue weighted by molar-refractivity contribution is 6.04. The largest absolute Gasteiger partial charge is 0.497 e. The highest BCUT2D eigenvalue weighted by Crippen LogP contribution is 2.26. The van der Waals surface area contributed by atoms with Crippen LogP contribution in [-0.2, 0) is 0 Å². The Hall–Kier alpha value is -3.22. The van der Waals surface area contributed by atoms with Crippen LogP contribution >= 0.6 is 0 Å².